The number of hydrogen-bond donors (Lipinski definition) is 1. The molecule has 0 saturated carbocycles. The van der Waals surface area contributed by atoms with Crippen molar-refractivity contribution in [2.45, 2.75) is 33.2 Å². The lowest BCUT2D eigenvalue weighted by Crippen LogP contribution is -2.24. The van der Waals surface area contributed by atoms with Crippen LogP contribution in [-0.4, -0.2) is 23.6 Å². The van der Waals surface area contributed by atoms with E-state index in [-0.39, 0.29) is 6.04 Å². The van der Waals surface area contributed by atoms with Crippen molar-refractivity contribution < 1.29 is 5.11 Å². The topological polar surface area (TPSA) is 23.5 Å². The quantitative estimate of drug-likeness (QED) is 0.823. The largest absolute Gasteiger partial charge is 0.508 e. The van der Waals surface area contributed by atoms with Crippen molar-refractivity contribution in [2.24, 2.45) is 5.92 Å². The third-order valence-electron chi connectivity index (χ3n) is 3.11. The molecule has 16 heavy (non-hydrogen) atoms. The Morgan fingerprint density at radius 1 is 1.19 bits per heavy atom. The second kappa shape index (κ2) is 5.90. The fourth-order valence-electron chi connectivity index (χ4n) is 1.73. The van der Waals surface area contributed by atoms with E-state index in [4.69, 9.17) is 0 Å². The Kier molecular flexibility index (Phi) is 4.81. The molecule has 2 nitrogen and oxygen atoms in total. The molecule has 1 unspecified atom stereocenters. The maximum absolute atomic E-state index is 9.78. The normalized spacial score (nSPS) is 13.4. The molecule has 0 saturated heterocycles. The summed E-state index contributed by atoms with van der Waals surface area (Å²) < 4.78 is 0. The highest BCUT2D eigenvalue weighted by atomic mass is 16.3. The molecule has 0 fully saturated rings. The third kappa shape index (κ3) is 3.53. The molecule has 90 valence electrons. The first kappa shape index (κ1) is 13.0. The van der Waals surface area contributed by atoms with Crippen molar-refractivity contribution >= 4 is 0 Å². The Labute approximate surface area is 98.9 Å². The molecule has 2 heteroatoms. The summed E-state index contributed by atoms with van der Waals surface area (Å²) in [6.45, 7) is 7.67. The van der Waals surface area contributed by atoms with Crippen molar-refractivity contribution in [3.63, 3.8) is 0 Å². The Morgan fingerprint density at radius 2 is 1.81 bits per heavy atom. The van der Waals surface area contributed by atoms with Crippen LogP contribution < -0.4 is 0 Å². The van der Waals surface area contributed by atoms with E-state index in [0.717, 1.165) is 18.0 Å². The molecule has 0 aliphatic rings. The molecule has 0 spiro atoms. The molecule has 1 N–H and O–H groups in total. The van der Waals surface area contributed by atoms with Gasteiger partial charge in [-0.1, -0.05) is 32.0 Å². The molecule has 0 heterocycles. The number of phenolic OH excluding ortho intramolecular Hbond substituents is 1. The first-order valence-electron chi connectivity index (χ1n) is 6.00. The molecule has 0 bridgehead atoms. The van der Waals surface area contributed by atoms with Gasteiger partial charge in [0.25, 0.3) is 0 Å². The summed E-state index contributed by atoms with van der Waals surface area (Å²) in [7, 11) is 2.11. The summed E-state index contributed by atoms with van der Waals surface area (Å²) in [6.07, 6.45) is 1.19. The van der Waals surface area contributed by atoms with Gasteiger partial charge in [0.15, 0.2) is 0 Å². The van der Waals surface area contributed by atoms with E-state index in [1.165, 1.54) is 6.42 Å². The van der Waals surface area contributed by atoms with Gasteiger partial charge < -0.3 is 5.11 Å². The number of benzene rings is 1. The zero-order chi connectivity index (χ0) is 12.1. The molecular formula is C14H23NO. The predicted molar refractivity (Wildman–Crippen MR) is 68.6 cm³/mol. The summed E-state index contributed by atoms with van der Waals surface area (Å²) >= 11 is 0. The summed E-state index contributed by atoms with van der Waals surface area (Å²) in [5, 5.41) is 9.78. The van der Waals surface area contributed by atoms with Crippen LogP contribution in [0.25, 0.3) is 0 Å². The lowest BCUT2D eigenvalue weighted by molar-refractivity contribution is 0.242. The van der Waals surface area contributed by atoms with Crippen LogP contribution in [0.3, 0.4) is 0 Å². The van der Waals surface area contributed by atoms with Crippen molar-refractivity contribution in [1.82, 2.24) is 4.90 Å². The van der Waals surface area contributed by atoms with Gasteiger partial charge in [0.1, 0.15) is 5.75 Å². The van der Waals surface area contributed by atoms with E-state index in [9.17, 15) is 5.11 Å². The number of hydrogen-bond acceptors (Lipinski definition) is 2. The van der Waals surface area contributed by atoms with E-state index in [1.807, 2.05) is 18.2 Å². The molecule has 1 aromatic carbocycles. The van der Waals surface area contributed by atoms with Crippen LogP contribution in [0.4, 0.5) is 0 Å². The minimum absolute atomic E-state index is 0.264. The highest BCUT2D eigenvalue weighted by Crippen LogP contribution is 2.27. The number of rotatable bonds is 5. The second-order valence-corrected chi connectivity index (χ2v) is 4.90. The molecule has 1 aromatic rings. The highest BCUT2D eigenvalue weighted by molar-refractivity contribution is 5.34. The predicted octanol–water partition coefficient (Wildman–Crippen LogP) is 3.43. The Bertz CT molecular complexity index is 322. The molecule has 1 rings (SSSR count). The average molecular weight is 221 g/mol. The fourth-order valence-corrected chi connectivity index (χ4v) is 1.73. The maximum Gasteiger partial charge on any atom is 0.120 e. The average Bonchev–Trinajstić information content (AvgIpc) is 2.25. The first-order chi connectivity index (χ1) is 7.52. The number of nitrogens with zero attached hydrogens (tertiary/aromatic N) is 1. The van der Waals surface area contributed by atoms with Gasteiger partial charge in [-0.15, -0.1) is 0 Å². The first-order valence-corrected chi connectivity index (χ1v) is 6.00. The van der Waals surface area contributed by atoms with Crippen LogP contribution >= 0.6 is 0 Å². The molecule has 0 aliphatic carbocycles. The standard InChI is InChI=1S/C14H23NO/c1-11(2)9-10-15(4)12(3)13-7-5-6-8-14(13)16/h5-8,11-12,16H,9-10H2,1-4H3. The summed E-state index contributed by atoms with van der Waals surface area (Å²) in [4.78, 5) is 2.29. The molecule has 0 aromatic heterocycles. The van der Waals surface area contributed by atoms with Crippen molar-refractivity contribution in [3.8, 4) is 5.75 Å². The minimum atomic E-state index is 0.264. The molecule has 0 amide bonds. The van der Waals surface area contributed by atoms with Crippen LogP contribution in [0.1, 0.15) is 38.8 Å². The van der Waals surface area contributed by atoms with Crippen LogP contribution in [0.15, 0.2) is 24.3 Å². The molecule has 0 radical (unpaired) electrons. The van der Waals surface area contributed by atoms with Gasteiger partial charge in [0, 0.05) is 11.6 Å². The van der Waals surface area contributed by atoms with Gasteiger partial charge in [0.05, 0.1) is 0 Å². The van der Waals surface area contributed by atoms with Gasteiger partial charge >= 0.3 is 0 Å². The maximum atomic E-state index is 9.78. The highest BCUT2D eigenvalue weighted by Gasteiger charge is 2.14. The van der Waals surface area contributed by atoms with E-state index < -0.39 is 0 Å². The number of para-hydroxylation sites is 1. The van der Waals surface area contributed by atoms with Gasteiger partial charge in [-0.2, -0.15) is 0 Å². The minimum Gasteiger partial charge on any atom is -0.508 e. The Morgan fingerprint density at radius 3 is 2.38 bits per heavy atom. The van der Waals surface area contributed by atoms with Crippen LogP contribution in [-0.2, 0) is 0 Å². The third-order valence-corrected chi connectivity index (χ3v) is 3.11. The van der Waals surface area contributed by atoms with E-state index in [1.54, 1.807) is 6.07 Å². The monoisotopic (exact) mass is 221 g/mol. The molecular weight excluding hydrogens is 198 g/mol. The Balaban J connectivity index is 2.63. The zero-order valence-electron chi connectivity index (χ0n) is 10.8. The summed E-state index contributed by atoms with van der Waals surface area (Å²) in [6, 6.07) is 7.84. The van der Waals surface area contributed by atoms with E-state index in [2.05, 4.69) is 32.7 Å². The number of phenols is 1. The van der Waals surface area contributed by atoms with Crippen LogP contribution in [0.5, 0.6) is 5.75 Å². The van der Waals surface area contributed by atoms with Gasteiger partial charge in [-0.25, -0.2) is 0 Å². The summed E-state index contributed by atoms with van der Waals surface area (Å²) in [5.41, 5.74) is 1.01. The Hall–Kier alpha value is -1.02. The van der Waals surface area contributed by atoms with Crippen LogP contribution in [0.2, 0.25) is 0 Å². The SMILES string of the molecule is CC(C)CCN(C)C(C)c1ccccc1O. The van der Waals surface area contributed by atoms with Gasteiger partial charge in [-0.05, 0) is 38.9 Å². The van der Waals surface area contributed by atoms with Crippen molar-refractivity contribution in [2.75, 3.05) is 13.6 Å². The van der Waals surface area contributed by atoms with E-state index >= 15 is 0 Å². The smallest absolute Gasteiger partial charge is 0.120 e. The van der Waals surface area contributed by atoms with Crippen molar-refractivity contribution in [3.05, 3.63) is 29.8 Å². The fraction of sp³-hybridized carbons (Fsp3) is 0.571. The number of aromatic hydroxyl groups is 1. The van der Waals surface area contributed by atoms with Crippen LogP contribution in [0, 0.1) is 5.92 Å². The van der Waals surface area contributed by atoms with Crippen molar-refractivity contribution in [1.29, 1.82) is 0 Å². The lowest BCUT2D eigenvalue weighted by atomic mass is 10.0. The second-order valence-electron chi connectivity index (χ2n) is 4.90. The zero-order valence-corrected chi connectivity index (χ0v) is 10.8. The summed E-state index contributed by atoms with van der Waals surface area (Å²) in [5.74, 6) is 1.12. The van der Waals surface area contributed by atoms with Gasteiger partial charge in [-0.3, -0.25) is 4.90 Å². The van der Waals surface area contributed by atoms with E-state index in [0.29, 0.717) is 5.75 Å². The van der Waals surface area contributed by atoms with Gasteiger partial charge in [0.2, 0.25) is 0 Å². The molecule has 0 aliphatic heterocycles. The molecule has 1 atom stereocenters. The lowest BCUT2D eigenvalue weighted by Gasteiger charge is -2.26.